The molecule has 0 radical (unpaired) electrons. The summed E-state index contributed by atoms with van der Waals surface area (Å²) >= 11 is 0. The molecule has 102 valence electrons. The van der Waals surface area contributed by atoms with Crippen molar-refractivity contribution in [1.82, 2.24) is 9.80 Å². The summed E-state index contributed by atoms with van der Waals surface area (Å²) in [6, 6.07) is 0. The smallest absolute Gasteiger partial charge is 0.0379 e. The van der Waals surface area contributed by atoms with Crippen LogP contribution in [0.5, 0.6) is 0 Å². The summed E-state index contributed by atoms with van der Waals surface area (Å²) in [7, 11) is 6.53. The fraction of sp³-hybridized carbons (Fsp3) is 1.00. The van der Waals surface area contributed by atoms with E-state index in [1.165, 1.54) is 25.7 Å². The minimum absolute atomic E-state index is 0.222. The van der Waals surface area contributed by atoms with Crippen LogP contribution in [0.3, 0.4) is 0 Å². The molecule has 0 saturated heterocycles. The van der Waals surface area contributed by atoms with E-state index in [-0.39, 0.29) is 5.54 Å². The van der Waals surface area contributed by atoms with E-state index in [2.05, 4.69) is 44.8 Å². The van der Waals surface area contributed by atoms with Gasteiger partial charge in [0.1, 0.15) is 0 Å². The van der Waals surface area contributed by atoms with E-state index in [1.54, 1.807) is 0 Å². The first-order chi connectivity index (χ1) is 7.85. The Balaban J connectivity index is 2.60. The van der Waals surface area contributed by atoms with Gasteiger partial charge in [-0.15, -0.1) is 0 Å². The molecule has 0 bridgehead atoms. The Bertz CT molecular complexity index is 238. The molecule has 3 heteroatoms. The highest BCUT2D eigenvalue weighted by atomic mass is 15.2. The zero-order chi connectivity index (χ0) is 13.1. The van der Waals surface area contributed by atoms with Crippen LogP contribution >= 0.6 is 0 Å². The van der Waals surface area contributed by atoms with Crippen molar-refractivity contribution < 1.29 is 0 Å². The van der Waals surface area contributed by atoms with Gasteiger partial charge in [-0.1, -0.05) is 20.3 Å². The molecule has 1 aliphatic carbocycles. The third kappa shape index (κ3) is 3.01. The Labute approximate surface area is 107 Å². The Kier molecular flexibility index (Phi) is 4.99. The van der Waals surface area contributed by atoms with Crippen LogP contribution in [-0.4, -0.2) is 56.1 Å². The van der Waals surface area contributed by atoms with Crippen molar-refractivity contribution in [3.8, 4) is 0 Å². The van der Waals surface area contributed by atoms with Gasteiger partial charge in [0.2, 0.25) is 0 Å². The van der Waals surface area contributed by atoms with Gasteiger partial charge in [-0.2, -0.15) is 0 Å². The molecule has 1 fully saturated rings. The Morgan fingerprint density at radius 3 is 2.12 bits per heavy atom. The van der Waals surface area contributed by atoms with E-state index in [1.807, 2.05) is 0 Å². The molecule has 0 spiro atoms. The molecule has 1 unspecified atom stereocenters. The van der Waals surface area contributed by atoms with Gasteiger partial charge in [0.05, 0.1) is 0 Å². The normalized spacial score (nSPS) is 28.2. The van der Waals surface area contributed by atoms with Gasteiger partial charge in [-0.05, 0) is 58.9 Å². The Morgan fingerprint density at radius 1 is 1.06 bits per heavy atom. The molecular weight excluding hydrogens is 210 g/mol. The van der Waals surface area contributed by atoms with Gasteiger partial charge in [0.15, 0.2) is 0 Å². The lowest BCUT2D eigenvalue weighted by atomic mass is 9.73. The SMILES string of the molecule is CN(C)CCCN(C)C1(CN)CCCC1(C)C. The highest BCUT2D eigenvalue weighted by Crippen LogP contribution is 2.48. The van der Waals surface area contributed by atoms with Crippen molar-refractivity contribution in [2.75, 3.05) is 40.8 Å². The molecule has 0 aromatic carbocycles. The third-order valence-electron chi connectivity index (χ3n) is 4.82. The van der Waals surface area contributed by atoms with Gasteiger partial charge in [-0.3, -0.25) is 4.90 Å². The summed E-state index contributed by atoms with van der Waals surface area (Å²) in [4.78, 5) is 4.78. The second kappa shape index (κ2) is 5.68. The van der Waals surface area contributed by atoms with Crippen LogP contribution in [0.4, 0.5) is 0 Å². The van der Waals surface area contributed by atoms with Gasteiger partial charge in [0.25, 0.3) is 0 Å². The van der Waals surface area contributed by atoms with E-state index >= 15 is 0 Å². The summed E-state index contributed by atoms with van der Waals surface area (Å²) in [5.74, 6) is 0. The van der Waals surface area contributed by atoms with Crippen LogP contribution < -0.4 is 5.73 Å². The number of rotatable bonds is 6. The molecule has 1 atom stereocenters. The molecule has 1 aliphatic rings. The minimum atomic E-state index is 0.222. The minimum Gasteiger partial charge on any atom is -0.329 e. The predicted octanol–water partition coefficient (Wildman–Crippen LogP) is 1.78. The first kappa shape index (κ1) is 14.9. The fourth-order valence-corrected chi connectivity index (χ4v) is 3.47. The second-order valence-electron chi connectivity index (χ2n) is 6.55. The molecule has 0 aromatic heterocycles. The van der Waals surface area contributed by atoms with Crippen LogP contribution in [0.1, 0.15) is 39.5 Å². The van der Waals surface area contributed by atoms with Crippen molar-refractivity contribution in [2.24, 2.45) is 11.1 Å². The van der Waals surface area contributed by atoms with E-state index in [0.717, 1.165) is 19.6 Å². The Morgan fingerprint density at radius 2 is 1.71 bits per heavy atom. The molecule has 2 N–H and O–H groups in total. The third-order valence-corrected chi connectivity index (χ3v) is 4.82. The summed E-state index contributed by atoms with van der Waals surface area (Å²) in [5.41, 5.74) is 6.70. The summed E-state index contributed by atoms with van der Waals surface area (Å²) in [6.45, 7) is 7.87. The summed E-state index contributed by atoms with van der Waals surface area (Å²) < 4.78 is 0. The number of likely N-dealkylation sites (N-methyl/N-ethyl adjacent to an activating group) is 1. The topological polar surface area (TPSA) is 32.5 Å². The van der Waals surface area contributed by atoms with E-state index < -0.39 is 0 Å². The molecule has 0 amide bonds. The quantitative estimate of drug-likeness (QED) is 0.769. The summed E-state index contributed by atoms with van der Waals surface area (Å²) in [5, 5.41) is 0. The fourth-order valence-electron chi connectivity index (χ4n) is 3.47. The van der Waals surface area contributed by atoms with Crippen LogP contribution in [0.15, 0.2) is 0 Å². The van der Waals surface area contributed by atoms with Crippen molar-refractivity contribution in [3.05, 3.63) is 0 Å². The van der Waals surface area contributed by atoms with E-state index in [9.17, 15) is 0 Å². The van der Waals surface area contributed by atoms with Gasteiger partial charge >= 0.3 is 0 Å². The van der Waals surface area contributed by atoms with Crippen molar-refractivity contribution >= 4 is 0 Å². The maximum atomic E-state index is 6.12. The van der Waals surface area contributed by atoms with Crippen LogP contribution in [0.25, 0.3) is 0 Å². The van der Waals surface area contributed by atoms with Crippen LogP contribution in [0.2, 0.25) is 0 Å². The number of hydrogen-bond donors (Lipinski definition) is 1. The lowest BCUT2D eigenvalue weighted by molar-refractivity contribution is 0.0317. The van der Waals surface area contributed by atoms with Crippen LogP contribution in [-0.2, 0) is 0 Å². The number of nitrogens with two attached hydrogens (primary N) is 1. The average Bonchev–Trinajstić information content (AvgIpc) is 2.53. The first-order valence-electron chi connectivity index (χ1n) is 6.92. The standard InChI is InChI=1S/C14H31N3/c1-13(2)8-6-9-14(13,12-15)17(5)11-7-10-16(3)4/h6-12,15H2,1-5H3. The van der Waals surface area contributed by atoms with Gasteiger partial charge in [0, 0.05) is 12.1 Å². The lowest BCUT2D eigenvalue weighted by Crippen LogP contribution is -2.58. The summed E-state index contributed by atoms with van der Waals surface area (Å²) in [6.07, 6.45) is 5.11. The molecule has 1 rings (SSSR count). The molecule has 17 heavy (non-hydrogen) atoms. The highest BCUT2D eigenvalue weighted by Gasteiger charge is 2.49. The first-order valence-corrected chi connectivity index (χ1v) is 6.92. The van der Waals surface area contributed by atoms with E-state index in [0.29, 0.717) is 5.41 Å². The lowest BCUT2D eigenvalue weighted by Gasteiger charge is -2.48. The molecule has 0 aromatic rings. The Hall–Kier alpha value is -0.120. The maximum Gasteiger partial charge on any atom is 0.0379 e. The molecular formula is C14H31N3. The zero-order valence-electron chi connectivity index (χ0n) is 12.4. The number of nitrogens with zero attached hydrogens (tertiary/aromatic N) is 2. The van der Waals surface area contributed by atoms with Crippen molar-refractivity contribution in [1.29, 1.82) is 0 Å². The van der Waals surface area contributed by atoms with Crippen LogP contribution in [0, 0.1) is 5.41 Å². The zero-order valence-corrected chi connectivity index (χ0v) is 12.4. The molecule has 0 heterocycles. The maximum absolute atomic E-state index is 6.12. The second-order valence-corrected chi connectivity index (χ2v) is 6.55. The largest absolute Gasteiger partial charge is 0.329 e. The molecule has 1 saturated carbocycles. The predicted molar refractivity (Wildman–Crippen MR) is 75.2 cm³/mol. The molecule has 0 aliphatic heterocycles. The highest BCUT2D eigenvalue weighted by molar-refractivity contribution is 5.06. The number of hydrogen-bond acceptors (Lipinski definition) is 3. The van der Waals surface area contributed by atoms with Crippen molar-refractivity contribution in [2.45, 2.75) is 45.1 Å². The van der Waals surface area contributed by atoms with Gasteiger partial charge < -0.3 is 10.6 Å². The average molecular weight is 241 g/mol. The molecule has 3 nitrogen and oxygen atoms in total. The monoisotopic (exact) mass is 241 g/mol. The van der Waals surface area contributed by atoms with Gasteiger partial charge in [-0.25, -0.2) is 0 Å². The van der Waals surface area contributed by atoms with Crippen molar-refractivity contribution in [3.63, 3.8) is 0 Å². The van der Waals surface area contributed by atoms with E-state index in [4.69, 9.17) is 5.73 Å².